The fourth-order valence-electron chi connectivity index (χ4n) is 4.67. The van der Waals surface area contributed by atoms with Gasteiger partial charge >= 0.3 is 0 Å². The van der Waals surface area contributed by atoms with Crippen LogP contribution in [0.5, 0.6) is 5.75 Å². The molecule has 2 fully saturated rings. The zero-order valence-electron chi connectivity index (χ0n) is 14.3. The summed E-state index contributed by atoms with van der Waals surface area (Å²) in [5.41, 5.74) is 1.24. The molecule has 2 saturated carbocycles. The maximum absolute atomic E-state index is 12.4. The molecule has 0 aliphatic heterocycles. The Kier molecular flexibility index (Phi) is 4.95. The molecule has 3 N–H and O–H groups in total. The fourth-order valence-corrected chi connectivity index (χ4v) is 4.67. The summed E-state index contributed by atoms with van der Waals surface area (Å²) in [6.45, 7) is 2.07. The number of nitrogens with one attached hydrogen (secondary N) is 1. The van der Waals surface area contributed by atoms with Crippen LogP contribution in [0.1, 0.15) is 56.6 Å². The molecule has 0 saturated heterocycles. The third-order valence-electron chi connectivity index (χ3n) is 5.51. The quantitative estimate of drug-likeness (QED) is 0.742. The third kappa shape index (κ3) is 3.81. The van der Waals surface area contributed by atoms with Gasteiger partial charge in [-0.05, 0) is 61.3 Å². The van der Waals surface area contributed by atoms with Crippen molar-refractivity contribution in [3.8, 4) is 5.75 Å². The summed E-state index contributed by atoms with van der Waals surface area (Å²) >= 11 is 0. The maximum Gasteiger partial charge on any atom is 0.244 e. The van der Waals surface area contributed by atoms with E-state index in [1.165, 1.54) is 25.3 Å². The molecule has 2 aliphatic carbocycles. The van der Waals surface area contributed by atoms with E-state index in [4.69, 9.17) is 0 Å². The molecule has 130 valence electrons. The van der Waals surface area contributed by atoms with Crippen molar-refractivity contribution in [2.24, 2.45) is 11.8 Å². The second-order valence-electron chi connectivity index (χ2n) is 7.66. The zero-order valence-corrected chi connectivity index (χ0v) is 14.3. The van der Waals surface area contributed by atoms with Gasteiger partial charge in [-0.3, -0.25) is 4.79 Å². The lowest BCUT2D eigenvalue weighted by molar-refractivity contribution is -0.119. The summed E-state index contributed by atoms with van der Waals surface area (Å²) in [5.74, 6) is 1.46. The van der Waals surface area contributed by atoms with E-state index in [-0.39, 0.29) is 23.8 Å². The molecule has 1 aromatic rings. The standard InChI is InChI=1S/C20H27NO3/c1-14-9-16-3-2-8-20(11-14,12-16)21-19(24)7-5-15-4-6-18(23)17(10-15)13-22/h4-7,10,14,16,22-23H,2-3,8-9,11-13H2,1H3,(H,21,24)/b7-5+. The number of rotatable bonds is 4. The van der Waals surface area contributed by atoms with E-state index in [9.17, 15) is 15.0 Å². The van der Waals surface area contributed by atoms with E-state index in [1.54, 1.807) is 24.3 Å². The van der Waals surface area contributed by atoms with Gasteiger partial charge in [0.15, 0.2) is 0 Å². The number of fused-ring (bicyclic) bond motifs is 2. The van der Waals surface area contributed by atoms with E-state index in [1.807, 2.05) is 0 Å². The van der Waals surface area contributed by atoms with E-state index in [0.717, 1.165) is 30.7 Å². The minimum Gasteiger partial charge on any atom is -0.508 e. The number of phenols is 1. The molecule has 2 bridgehead atoms. The van der Waals surface area contributed by atoms with Crippen molar-refractivity contribution >= 4 is 12.0 Å². The number of carbonyl (C=O) groups excluding carboxylic acids is 1. The van der Waals surface area contributed by atoms with Gasteiger partial charge < -0.3 is 15.5 Å². The molecule has 4 nitrogen and oxygen atoms in total. The number of aliphatic hydroxyl groups is 1. The number of hydrogen-bond acceptors (Lipinski definition) is 3. The molecule has 3 unspecified atom stereocenters. The Hall–Kier alpha value is -1.81. The van der Waals surface area contributed by atoms with Gasteiger partial charge in [0, 0.05) is 17.2 Å². The van der Waals surface area contributed by atoms with Crippen molar-refractivity contribution in [1.82, 2.24) is 5.32 Å². The Morgan fingerprint density at radius 2 is 2.25 bits per heavy atom. The Morgan fingerprint density at radius 3 is 3.04 bits per heavy atom. The maximum atomic E-state index is 12.4. The van der Waals surface area contributed by atoms with Crippen molar-refractivity contribution in [3.05, 3.63) is 35.4 Å². The number of amides is 1. The molecular formula is C20H27NO3. The van der Waals surface area contributed by atoms with Crippen molar-refractivity contribution in [2.75, 3.05) is 0 Å². The van der Waals surface area contributed by atoms with Crippen molar-refractivity contribution in [1.29, 1.82) is 0 Å². The van der Waals surface area contributed by atoms with Gasteiger partial charge in [0.2, 0.25) is 5.91 Å². The SMILES string of the molecule is CC1CC2CCCC(NC(=O)/C=C/c3ccc(O)c(CO)c3)(C1)C2. The zero-order chi connectivity index (χ0) is 17.2. The van der Waals surface area contributed by atoms with E-state index in [2.05, 4.69) is 12.2 Å². The van der Waals surface area contributed by atoms with Gasteiger partial charge in [-0.1, -0.05) is 25.8 Å². The summed E-state index contributed by atoms with van der Waals surface area (Å²) in [7, 11) is 0. The highest BCUT2D eigenvalue weighted by molar-refractivity contribution is 5.92. The summed E-state index contributed by atoms with van der Waals surface area (Å²) in [6, 6.07) is 4.96. The van der Waals surface area contributed by atoms with Gasteiger partial charge in [0.1, 0.15) is 5.75 Å². The molecular weight excluding hydrogens is 302 g/mol. The fraction of sp³-hybridized carbons (Fsp3) is 0.550. The van der Waals surface area contributed by atoms with Gasteiger partial charge in [-0.15, -0.1) is 0 Å². The second kappa shape index (κ2) is 6.98. The molecule has 4 heteroatoms. The van der Waals surface area contributed by atoms with Crippen LogP contribution in [0, 0.1) is 11.8 Å². The summed E-state index contributed by atoms with van der Waals surface area (Å²) in [6.07, 6.45) is 10.4. The highest BCUT2D eigenvalue weighted by atomic mass is 16.3. The molecule has 0 aromatic heterocycles. The molecule has 0 radical (unpaired) electrons. The molecule has 0 heterocycles. The van der Waals surface area contributed by atoms with Crippen LogP contribution in [0.25, 0.3) is 6.08 Å². The second-order valence-corrected chi connectivity index (χ2v) is 7.66. The van der Waals surface area contributed by atoms with Gasteiger partial charge in [-0.2, -0.15) is 0 Å². The largest absolute Gasteiger partial charge is 0.508 e. The van der Waals surface area contributed by atoms with Gasteiger partial charge in [-0.25, -0.2) is 0 Å². The normalized spacial score (nSPS) is 29.6. The predicted octanol–water partition coefficient (Wildman–Crippen LogP) is 3.37. The lowest BCUT2D eigenvalue weighted by atomic mass is 9.64. The first-order chi connectivity index (χ1) is 11.5. The van der Waals surface area contributed by atoms with E-state index < -0.39 is 0 Å². The monoisotopic (exact) mass is 329 g/mol. The van der Waals surface area contributed by atoms with Gasteiger partial charge in [0.05, 0.1) is 6.61 Å². The van der Waals surface area contributed by atoms with Crippen LogP contribution in [0.3, 0.4) is 0 Å². The first kappa shape index (κ1) is 17.0. The van der Waals surface area contributed by atoms with E-state index >= 15 is 0 Å². The summed E-state index contributed by atoms with van der Waals surface area (Å²) in [5, 5.41) is 22.1. The lowest BCUT2D eigenvalue weighted by Crippen LogP contribution is -2.54. The first-order valence-corrected chi connectivity index (χ1v) is 8.93. The summed E-state index contributed by atoms with van der Waals surface area (Å²) < 4.78 is 0. The Morgan fingerprint density at radius 1 is 1.42 bits per heavy atom. The number of hydrogen-bond donors (Lipinski definition) is 3. The molecule has 0 spiro atoms. The predicted molar refractivity (Wildman–Crippen MR) is 94.3 cm³/mol. The summed E-state index contributed by atoms with van der Waals surface area (Å²) in [4.78, 5) is 12.4. The molecule has 1 amide bonds. The van der Waals surface area contributed by atoms with Crippen LogP contribution < -0.4 is 5.32 Å². The number of carbonyl (C=O) groups is 1. The molecule has 3 atom stereocenters. The highest BCUT2D eigenvalue weighted by Crippen LogP contribution is 2.45. The Bertz CT molecular complexity index is 636. The molecule has 2 aliphatic rings. The topological polar surface area (TPSA) is 69.6 Å². The average molecular weight is 329 g/mol. The van der Waals surface area contributed by atoms with Crippen LogP contribution in [-0.4, -0.2) is 21.7 Å². The van der Waals surface area contributed by atoms with Crippen LogP contribution in [0.4, 0.5) is 0 Å². The third-order valence-corrected chi connectivity index (χ3v) is 5.51. The first-order valence-electron chi connectivity index (χ1n) is 8.93. The van der Waals surface area contributed by atoms with Crippen LogP contribution >= 0.6 is 0 Å². The minimum absolute atomic E-state index is 0.0206. The molecule has 1 aromatic carbocycles. The Balaban J connectivity index is 1.66. The minimum atomic E-state index is -0.220. The van der Waals surface area contributed by atoms with E-state index in [0.29, 0.717) is 11.5 Å². The van der Waals surface area contributed by atoms with Crippen LogP contribution in [-0.2, 0) is 11.4 Å². The van der Waals surface area contributed by atoms with Crippen LogP contribution in [0.2, 0.25) is 0 Å². The number of benzene rings is 1. The smallest absolute Gasteiger partial charge is 0.244 e. The molecule has 3 rings (SSSR count). The van der Waals surface area contributed by atoms with Crippen molar-refractivity contribution in [3.63, 3.8) is 0 Å². The number of aliphatic hydroxyl groups excluding tert-OH is 1. The number of aromatic hydroxyl groups is 1. The van der Waals surface area contributed by atoms with Crippen molar-refractivity contribution in [2.45, 2.75) is 57.6 Å². The van der Waals surface area contributed by atoms with Crippen molar-refractivity contribution < 1.29 is 15.0 Å². The Labute approximate surface area is 143 Å². The lowest BCUT2D eigenvalue weighted by Gasteiger charge is -2.48. The highest BCUT2D eigenvalue weighted by Gasteiger charge is 2.42. The van der Waals surface area contributed by atoms with Gasteiger partial charge in [0.25, 0.3) is 0 Å². The molecule has 24 heavy (non-hydrogen) atoms. The van der Waals surface area contributed by atoms with Crippen LogP contribution in [0.15, 0.2) is 24.3 Å². The average Bonchev–Trinajstić information content (AvgIpc) is 2.53.